The van der Waals surface area contributed by atoms with Gasteiger partial charge < -0.3 is 10.2 Å². The van der Waals surface area contributed by atoms with E-state index in [0.717, 1.165) is 11.1 Å². The van der Waals surface area contributed by atoms with Crippen LogP contribution in [0, 0.1) is 0 Å². The molecule has 0 heterocycles. The summed E-state index contributed by atoms with van der Waals surface area (Å²) in [4.78, 5) is 28.2. The molecule has 0 aliphatic carbocycles. The number of likely N-dealkylation sites (N-methyl/N-ethyl adjacent to an activating group) is 1. The number of nitrogens with zero attached hydrogens (tertiary/aromatic N) is 2. The molecule has 1 N–H and O–H groups in total. The number of hydrogen-bond acceptors (Lipinski definition) is 4. The Morgan fingerprint density at radius 1 is 0.865 bits per heavy atom. The van der Waals surface area contributed by atoms with Crippen molar-refractivity contribution in [1.29, 1.82) is 0 Å². The molecule has 3 rings (SSSR count). The number of carbonyl (C=O) groups excluding carboxylic acids is 2. The number of nitrogens with one attached hydrogen (secondary N) is 1. The standard InChI is InChI=1S/C29H35N3O4S/c1-4-24-16-12-13-19-27(24)32(37(35,36)25-17-10-7-11-18-25)22-28(33)31(26(5-2)29(34)30-3)21-20-23-14-8-6-9-15-23/h6-19,26H,4-5,20-22H2,1-3H3,(H,30,34)/t26-/m1/s1. The van der Waals surface area contributed by atoms with Crippen LogP contribution in [0.5, 0.6) is 0 Å². The van der Waals surface area contributed by atoms with Crippen LogP contribution in [0.3, 0.4) is 0 Å². The van der Waals surface area contributed by atoms with E-state index in [0.29, 0.717) is 24.9 Å². The van der Waals surface area contributed by atoms with Crippen molar-refractivity contribution in [3.63, 3.8) is 0 Å². The van der Waals surface area contributed by atoms with Gasteiger partial charge in [-0.3, -0.25) is 13.9 Å². The Kier molecular flexibility index (Phi) is 9.85. The highest BCUT2D eigenvalue weighted by Crippen LogP contribution is 2.28. The van der Waals surface area contributed by atoms with Crippen LogP contribution in [-0.2, 0) is 32.5 Å². The van der Waals surface area contributed by atoms with Crippen LogP contribution >= 0.6 is 0 Å². The van der Waals surface area contributed by atoms with Crippen molar-refractivity contribution < 1.29 is 18.0 Å². The van der Waals surface area contributed by atoms with Crippen LogP contribution < -0.4 is 9.62 Å². The molecule has 0 fully saturated rings. The predicted molar refractivity (Wildman–Crippen MR) is 147 cm³/mol. The zero-order chi connectivity index (χ0) is 26.8. The fourth-order valence-electron chi connectivity index (χ4n) is 4.35. The van der Waals surface area contributed by atoms with Gasteiger partial charge in [-0.15, -0.1) is 0 Å². The molecular formula is C29H35N3O4S. The number of anilines is 1. The molecule has 7 nitrogen and oxygen atoms in total. The van der Waals surface area contributed by atoms with Crippen LogP contribution in [-0.4, -0.2) is 51.3 Å². The van der Waals surface area contributed by atoms with Crippen molar-refractivity contribution in [2.45, 2.75) is 44.0 Å². The van der Waals surface area contributed by atoms with Crippen LogP contribution in [0.2, 0.25) is 0 Å². The summed E-state index contributed by atoms with van der Waals surface area (Å²) in [6, 6.07) is 24.3. The van der Waals surface area contributed by atoms with Gasteiger partial charge in [0, 0.05) is 13.6 Å². The molecule has 0 unspecified atom stereocenters. The van der Waals surface area contributed by atoms with Crippen molar-refractivity contribution in [3.8, 4) is 0 Å². The Morgan fingerprint density at radius 3 is 2.05 bits per heavy atom. The van der Waals surface area contributed by atoms with E-state index in [9.17, 15) is 18.0 Å². The number of amides is 2. The molecule has 0 aliphatic heterocycles. The first kappa shape index (κ1) is 27.9. The summed E-state index contributed by atoms with van der Waals surface area (Å²) in [5.74, 6) is -0.716. The summed E-state index contributed by atoms with van der Waals surface area (Å²) >= 11 is 0. The average Bonchev–Trinajstić information content (AvgIpc) is 2.94. The maximum absolute atomic E-state index is 13.9. The molecule has 0 radical (unpaired) electrons. The van der Waals surface area contributed by atoms with E-state index >= 15 is 0 Å². The van der Waals surface area contributed by atoms with E-state index in [1.54, 1.807) is 30.3 Å². The molecule has 37 heavy (non-hydrogen) atoms. The number of aryl methyl sites for hydroxylation is 1. The summed E-state index contributed by atoms with van der Waals surface area (Å²) in [6.45, 7) is 3.65. The maximum Gasteiger partial charge on any atom is 0.264 e. The number of rotatable bonds is 12. The van der Waals surface area contributed by atoms with Gasteiger partial charge in [-0.2, -0.15) is 0 Å². The largest absolute Gasteiger partial charge is 0.357 e. The normalized spacial score (nSPS) is 12.0. The Morgan fingerprint density at radius 2 is 1.46 bits per heavy atom. The molecule has 8 heteroatoms. The van der Waals surface area contributed by atoms with Gasteiger partial charge in [0.25, 0.3) is 10.0 Å². The van der Waals surface area contributed by atoms with Gasteiger partial charge >= 0.3 is 0 Å². The summed E-state index contributed by atoms with van der Waals surface area (Å²) in [7, 11) is -2.52. The molecule has 0 saturated carbocycles. The van der Waals surface area contributed by atoms with Gasteiger partial charge in [0.2, 0.25) is 11.8 Å². The fourth-order valence-corrected chi connectivity index (χ4v) is 5.82. The van der Waals surface area contributed by atoms with Crippen LogP contribution in [0.25, 0.3) is 0 Å². The first-order valence-corrected chi connectivity index (χ1v) is 14.0. The second-order valence-electron chi connectivity index (χ2n) is 8.67. The van der Waals surface area contributed by atoms with Gasteiger partial charge in [0.05, 0.1) is 10.6 Å². The molecule has 1 atom stereocenters. The van der Waals surface area contributed by atoms with Crippen LogP contribution in [0.15, 0.2) is 89.8 Å². The Bertz CT molecular complexity index is 1280. The third-order valence-corrected chi connectivity index (χ3v) is 8.14. The third kappa shape index (κ3) is 6.77. The van der Waals surface area contributed by atoms with Crippen molar-refractivity contribution >= 4 is 27.5 Å². The zero-order valence-electron chi connectivity index (χ0n) is 21.6. The first-order valence-electron chi connectivity index (χ1n) is 12.5. The molecule has 196 valence electrons. The van der Waals surface area contributed by atoms with Gasteiger partial charge in [-0.25, -0.2) is 8.42 Å². The van der Waals surface area contributed by atoms with Crippen LogP contribution in [0.4, 0.5) is 5.69 Å². The molecule has 3 aromatic carbocycles. The summed E-state index contributed by atoms with van der Waals surface area (Å²) in [5.41, 5.74) is 2.29. The first-order chi connectivity index (χ1) is 17.8. The third-order valence-electron chi connectivity index (χ3n) is 6.37. The number of sulfonamides is 1. The van der Waals surface area contributed by atoms with E-state index in [1.807, 2.05) is 56.3 Å². The zero-order valence-corrected chi connectivity index (χ0v) is 22.4. The molecule has 0 aliphatic rings. The maximum atomic E-state index is 13.9. The molecule has 0 aromatic heterocycles. The highest BCUT2D eigenvalue weighted by atomic mass is 32.2. The van der Waals surface area contributed by atoms with Gasteiger partial charge in [-0.05, 0) is 48.6 Å². The number of hydrogen-bond donors (Lipinski definition) is 1. The Hall–Kier alpha value is -3.65. The number of carbonyl (C=O) groups is 2. The summed E-state index contributed by atoms with van der Waals surface area (Å²) in [6.07, 6.45) is 1.53. The van der Waals surface area contributed by atoms with E-state index in [2.05, 4.69) is 5.32 Å². The van der Waals surface area contributed by atoms with E-state index < -0.39 is 28.5 Å². The lowest BCUT2D eigenvalue weighted by Gasteiger charge is -2.33. The lowest BCUT2D eigenvalue weighted by atomic mass is 10.1. The quantitative estimate of drug-likeness (QED) is 0.390. The number of para-hydroxylation sites is 1. The molecule has 0 saturated heterocycles. The predicted octanol–water partition coefficient (Wildman–Crippen LogP) is 4.04. The van der Waals surface area contributed by atoms with Gasteiger partial charge in [0.15, 0.2) is 0 Å². The van der Waals surface area contributed by atoms with E-state index in [-0.39, 0.29) is 17.3 Å². The van der Waals surface area contributed by atoms with Crippen molar-refractivity contribution in [2.24, 2.45) is 0 Å². The van der Waals surface area contributed by atoms with E-state index in [1.165, 1.54) is 28.4 Å². The minimum atomic E-state index is -4.06. The van der Waals surface area contributed by atoms with Crippen molar-refractivity contribution in [2.75, 3.05) is 24.4 Å². The van der Waals surface area contributed by atoms with E-state index in [4.69, 9.17) is 0 Å². The molecular weight excluding hydrogens is 486 g/mol. The molecule has 2 amide bonds. The highest BCUT2D eigenvalue weighted by molar-refractivity contribution is 7.92. The summed E-state index contributed by atoms with van der Waals surface area (Å²) < 4.78 is 28.9. The SMILES string of the molecule is CCc1ccccc1N(CC(=O)N(CCc1ccccc1)[C@H](CC)C(=O)NC)S(=O)(=O)c1ccccc1. The second-order valence-corrected chi connectivity index (χ2v) is 10.5. The monoisotopic (exact) mass is 521 g/mol. The van der Waals surface area contributed by atoms with Crippen LogP contribution in [0.1, 0.15) is 31.4 Å². The van der Waals surface area contributed by atoms with Gasteiger partial charge in [0.1, 0.15) is 12.6 Å². The van der Waals surface area contributed by atoms with Crippen molar-refractivity contribution in [3.05, 3.63) is 96.1 Å². The average molecular weight is 522 g/mol. The van der Waals surface area contributed by atoms with Gasteiger partial charge in [-0.1, -0.05) is 80.6 Å². The minimum absolute atomic E-state index is 0.0999. The van der Waals surface area contributed by atoms with Crippen molar-refractivity contribution in [1.82, 2.24) is 10.2 Å². The number of benzene rings is 3. The minimum Gasteiger partial charge on any atom is -0.357 e. The molecule has 0 spiro atoms. The lowest BCUT2D eigenvalue weighted by Crippen LogP contribution is -2.52. The second kappa shape index (κ2) is 13.1. The smallest absolute Gasteiger partial charge is 0.264 e. The fraction of sp³-hybridized carbons (Fsp3) is 0.310. The highest BCUT2D eigenvalue weighted by Gasteiger charge is 2.33. The summed E-state index contributed by atoms with van der Waals surface area (Å²) in [5, 5.41) is 2.64. The topological polar surface area (TPSA) is 86.8 Å². The Balaban J connectivity index is 2.03. The lowest BCUT2D eigenvalue weighted by molar-refractivity contribution is -0.139. The Labute approximate surface area is 220 Å². The molecule has 3 aromatic rings. The molecule has 0 bridgehead atoms.